The number of hydrogen-bond donors (Lipinski definition) is 0. The van der Waals surface area contributed by atoms with Crippen molar-refractivity contribution in [2.45, 2.75) is 90.1 Å². The molecule has 2 nitrogen and oxygen atoms in total. The summed E-state index contributed by atoms with van der Waals surface area (Å²) < 4.78 is 56.4. The maximum absolute atomic E-state index is 15.2. The molecule has 5 heteroatoms. The van der Waals surface area contributed by atoms with Crippen molar-refractivity contribution in [2.75, 3.05) is 13.2 Å². The van der Waals surface area contributed by atoms with Gasteiger partial charge in [0.15, 0.2) is 11.6 Å². The highest BCUT2D eigenvalue weighted by Gasteiger charge is 2.23. The maximum Gasteiger partial charge on any atom is 0.201 e. The normalized spacial score (nSPS) is 17.3. The molecule has 2 atom stereocenters. The molecule has 220 valence electrons. The van der Waals surface area contributed by atoms with Crippen molar-refractivity contribution in [2.24, 2.45) is 0 Å². The van der Waals surface area contributed by atoms with Crippen LogP contribution in [0.25, 0.3) is 22.3 Å². The summed E-state index contributed by atoms with van der Waals surface area (Å²) in [5.41, 5.74) is 2.78. The Kier molecular flexibility index (Phi) is 11.9. The molecule has 4 rings (SSSR count). The van der Waals surface area contributed by atoms with E-state index in [9.17, 15) is 8.78 Å². The zero-order chi connectivity index (χ0) is 29.0. The second-order valence-corrected chi connectivity index (χ2v) is 11.0. The Hall–Kier alpha value is -3.05. The first-order valence-corrected chi connectivity index (χ1v) is 15.3. The van der Waals surface area contributed by atoms with Crippen LogP contribution in [0, 0.1) is 17.5 Å². The van der Waals surface area contributed by atoms with Gasteiger partial charge in [0.25, 0.3) is 0 Å². The molecule has 0 radical (unpaired) electrons. The molecule has 0 bridgehead atoms. The summed E-state index contributed by atoms with van der Waals surface area (Å²) in [5.74, 6) is -2.09. The third-order valence-electron chi connectivity index (χ3n) is 8.04. The van der Waals surface area contributed by atoms with Gasteiger partial charge in [0.1, 0.15) is 5.82 Å². The van der Waals surface area contributed by atoms with E-state index in [2.05, 4.69) is 19.1 Å². The Labute approximate surface area is 243 Å². The van der Waals surface area contributed by atoms with E-state index in [1.54, 1.807) is 36.4 Å². The van der Waals surface area contributed by atoms with Crippen LogP contribution in [0.15, 0.2) is 66.7 Å². The predicted molar refractivity (Wildman–Crippen MR) is 162 cm³/mol. The van der Waals surface area contributed by atoms with Crippen molar-refractivity contribution in [1.82, 2.24) is 0 Å². The van der Waals surface area contributed by atoms with Gasteiger partial charge in [-0.2, -0.15) is 4.39 Å². The van der Waals surface area contributed by atoms with Crippen molar-refractivity contribution in [1.29, 1.82) is 0 Å². The molecule has 1 aliphatic rings. The van der Waals surface area contributed by atoms with Crippen molar-refractivity contribution in [3.63, 3.8) is 0 Å². The average Bonchev–Trinajstić information content (AvgIpc) is 2.99. The molecule has 1 heterocycles. The topological polar surface area (TPSA) is 18.5 Å². The lowest BCUT2D eigenvalue weighted by Gasteiger charge is -2.29. The first kappa shape index (κ1) is 30.9. The minimum Gasteiger partial charge on any atom is -0.490 e. The van der Waals surface area contributed by atoms with Crippen LogP contribution in [-0.2, 0) is 4.74 Å². The summed E-state index contributed by atoms with van der Waals surface area (Å²) in [7, 11) is 0. The van der Waals surface area contributed by atoms with Crippen LogP contribution in [0.4, 0.5) is 13.2 Å². The van der Waals surface area contributed by atoms with Crippen LogP contribution < -0.4 is 4.74 Å². The summed E-state index contributed by atoms with van der Waals surface area (Å²) in [6.07, 6.45) is 15.1. The fraction of sp³-hybridized carbons (Fsp3) is 0.444. The van der Waals surface area contributed by atoms with Gasteiger partial charge >= 0.3 is 0 Å². The Balaban J connectivity index is 1.35. The molecule has 3 aromatic rings. The Morgan fingerprint density at radius 1 is 0.829 bits per heavy atom. The van der Waals surface area contributed by atoms with Crippen LogP contribution in [0.2, 0.25) is 0 Å². The van der Waals surface area contributed by atoms with Crippen LogP contribution in [0.5, 0.6) is 5.75 Å². The highest BCUT2D eigenvalue weighted by Crippen LogP contribution is 2.35. The summed E-state index contributed by atoms with van der Waals surface area (Å²) in [5, 5.41) is 0. The molecule has 0 amide bonds. The summed E-state index contributed by atoms with van der Waals surface area (Å²) in [6, 6.07) is 15.3. The van der Waals surface area contributed by atoms with Gasteiger partial charge in [-0.3, -0.25) is 0 Å². The van der Waals surface area contributed by atoms with Gasteiger partial charge in [0, 0.05) is 17.0 Å². The highest BCUT2D eigenvalue weighted by atomic mass is 19.2. The summed E-state index contributed by atoms with van der Waals surface area (Å²) in [6.45, 7) is 5.18. The first-order valence-electron chi connectivity index (χ1n) is 15.3. The van der Waals surface area contributed by atoms with Gasteiger partial charge in [-0.1, -0.05) is 87.6 Å². The minimum atomic E-state index is -0.977. The molecular formula is C36H43F3O2. The number of hydrogen-bond acceptors (Lipinski definition) is 2. The zero-order valence-corrected chi connectivity index (χ0v) is 24.4. The summed E-state index contributed by atoms with van der Waals surface area (Å²) >= 11 is 0. The lowest BCUT2D eigenvalue weighted by atomic mass is 9.89. The molecule has 2 unspecified atom stereocenters. The van der Waals surface area contributed by atoms with Crippen LogP contribution in [-0.4, -0.2) is 19.3 Å². The number of ether oxygens (including phenoxy) is 2. The van der Waals surface area contributed by atoms with Gasteiger partial charge in [0.2, 0.25) is 5.82 Å². The molecule has 0 N–H and O–H groups in total. The Morgan fingerprint density at radius 2 is 1.54 bits per heavy atom. The lowest BCUT2D eigenvalue weighted by Crippen LogP contribution is -2.24. The second kappa shape index (κ2) is 15.8. The van der Waals surface area contributed by atoms with Gasteiger partial charge in [0.05, 0.1) is 19.3 Å². The van der Waals surface area contributed by atoms with Crippen LogP contribution in [0.1, 0.15) is 89.5 Å². The molecule has 1 aliphatic heterocycles. The molecule has 0 aliphatic carbocycles. The van der Waals surface area contributed by atoms with Crippen LogP contribution in [0.3, 0.4) is 0 Å². The number of halogens is 3. The molecule has 3 aromatic carbocycles. The maximum atomic E-state index is 15.2. The number of benzene rings is 3. The van der Waals surface area contributed by atoms with E-state index in [-0.39, 0.29) is 29.2 Å². The number of unbranched alkanes of at least 4 members (excludes halogenated alkanes) is 5. The highest BCUT2D eigenvalue weighted by molar-refractivity contribution is 5.71. The molecule has 0 saturated carbocycles. The Bertz CT molecular complexity index is 1260. The van der Waals surface area contributed by atoms with Crippen molar-refractivity contribution in [3.05, 3.63) is 89.8 Å². The fourth-order valence-corrected chi connectivity index (χ4v) is 5.52. The van der Waals surface area contributed by atoms with Crippen LogP contribution >= 0.6 is 0 Å². The molecule has 41 heavy (non-hydrogen) atoms. The van der Waals surface area contributed by atoms with E-state index < -0.39 is 11.6 Å². The molecule has 1 saturated heterocycles. The van der Waals surface area contributed by atoms with Crippen molar-refractivity contribution >= 4 is 0 Å². The quantitative estimate of drug-likeness (QED) is 0.143. The van der Waals surface area contributed by atoms with Crippen molar-refractivity contribution < 1.29 is 22.6 Å². The van der Waals surface area contributed by atoms with E-state index in [1.807, 2.05) is 13.0 Å². The second-order valence-electron chi connectivity index (χ2n) is 11.0. The molecule has 0 spiro atoms. The van der Waals surface area contributed by atoms with Crippen molar-refractivity contribution in [3.8, 4) is 28.0 Å². The predicted octanol–water partition coefficient (Wildman–Crippen LogP) is 10.8. The monoisotopic (exact) mass is 564 g/mol. The van der Waals surface area contributed by atoms with E-state index in [0.717, 1.165) is 50.5 Å². The van der Waals surface area contributed by atoms with E-state index >= 15 is 4.39 Å². The lowest BCUT2D eigenvalue weighted by molar-refractivity contribution is -0.000225. The SMILES string of the molecule is C/C=C/CCC1CCC(c2ccc(-c3ccc(-c4ccc(OCCCCCCCC)c(F)c4F)cc3)c(F)c2)CO1. The average molecular weight is 565 g/mol. The van der Waals surface area contributed by atoms with E-state index in [1.165, 1.54) is 31.4 Å². The Morgan fingerprint density at radius 3 is 2.22 bits per heavy atom. The van der Waals surface area contributed by atoms with Gasteiger partial charge in [-0.25, -0.2) is 8.78 Å². The summed E-state index contributed by atoms with van der Waals surface area (Å²) in [4.78, 5) is 0. The molecular weight excluding hydrogens is 521 g/mol. The largest absolute Gasteiger partial charge is 0.490 e. The third kappa shape index (κ3) is 8.48. The van der Waals surface area contributed by atoms with Gasteiger partial charge in [-0.05, 0) is 73.9 Å². The van der Waals surface area contributed by atoms with Gasteiger partial charge in [-0.15, -0.1) is 0 Å². The van der Waals surface area contributed by atoms with Gasteiger partial charge < -0.3 is 9.47 Å². The molecule has 0 aromatic heterocycles. The molecule has 1 fully saturated rings. The smallest absolute Gasteiger partial charge is 0.201 e. The number of rotatable bonds is 14. The first-order chi connectivity index (χ1) is 20.0. The van der Waals surface area contributed by atoms with E-state index in [0.29, 0.717) is 29.9 Å². The van der Waals surface area contributed by atoms with E-state index in [4.69, 9.17) is 9.47 Å². The minimum absolute atomic E-state index is 0.0638. The third-order valence-corrected chi connectivity index (χ3v) is 8.04. The fourth-order valence-electron chi connectivity index (χ4n) is 5.52. The standard InChI is InChI=1S/C36H43F3O2/c1-3-5-7-8-9-11-23-40-34-22-21-32(35(38)36(34)39)27-15-13-26(14-16-27)31-20-18-28(24-33(31)37)29-17-19-30(41-25-29)12-10-6-4-2/h4,6,13-16,18,20-22,24,29-30H,3,5,7-12,17,19,23,25H2,1-2H3/b6-4+. The zero-order valence-electron chi connectivity index (χ0n) is 24.4. The number of allylic oxidation sites excluding steroid dienone is 2.